The fourth-order valence-corrected chi connectivity index (χ4v) is 1.74. The molecule has 0 bridgehead atoms. The summed E-state index contributed by atoms with van der Waals surface area (Å²) in [7, 11) is 1.02. The maximum atomic E-state index is 12.1. The molecule has 1 atom stereocenters. The lowest BCUT2D eigenvalue weighted by Gasteiger charge is -2.16. The van der Waals surface area contributed by atoms with Crippen LogP contribution >= 0.6 is 22.6 Å². The maximum absolute atomic E-state index is 12.1. The van der Waals surface area contributed by atoms with Gasteiger partial charge in [-0.1, -0.05) is 0 Å². The monoisotopic (exact) mass is 391 g/mol. The Labute approximate surface area is 119 Å². The fraction of sp³-hybridized carbons (Fsp3) is 0.444. The van der Waals surface area contributed by atoms with Crippen molar-refractivity contribution in [3.05, 3.63) is 15.7 Å². The number of aromatic amines is 1. The smallest absolute Gasteiger partial charge is 0.467 e. The predicted octanol–water partition coefficient (Wildman–Crippen LogP) is 0.777. The van der Waals surface area contributed by atoms with Crippen LogP contribution in [-0.2, 0) is 20.7 Å². The minimum absolute atomic E-state index is 0.174. The van der Waals surface area contributed by atoms with E-state index in [0.29, 0.717) is 9.39 Å². The SMILES string of the molecule is COC(=O)C(Cc1[nH]cnc1I)NC(=O)C(F)(F)F. The molecule has 0 spiro atoms. The molecule has 0 saturated heterocycles. The average Bonchev–Trinajstić information content (AvgIpc) is 2.71. The lowest BCUT2D eigenvalue weighted by atomic mass is 10.1. The van der Waals surface area contributed by atoms with Gasteiger partial charge in [0, 0.05) is 6.42 Å². The van der Waals surface area contributed by atoms with E-state index in [2.05, 4.69) is 14.7 Å². The second-order valence-corrected chi connectivity index (χ2v) is 4.44. The van der Waals surface area contributed by atoms with Crippen molar-refractivity contribution in [2.24, 2.45) is 0 Å². The lowest BCUT2D eigenvalue weighted by molar-refractivity contribution is -0.175. The lowest BCUT2D eigenvalue weighted by Crippen LogP contribution is -2.48. The number of nitrogens with one attached hydrogen (secondary N) is 2. The number of carbonyl (C=O) groups is 2. The Balaban J connectivity index is 2.82. The van der Waals surface area contributed by atoms with Crippen LogP contribution in [0.1, 0.15) is 5.69 Å². The Kier molecular flexibility index (Phi) is 5.14. The van der Waals surface area contributed by atoms with Crippen molar-refractivity contribution >= 4 is 34.5 Å². The van der Waals surface area contributed by atoms with Crippen molar-refractivity contribution in [2.45, 2.75) is 18.6 Å². The molecule has 106 valence electrons. The highest BCUT2D eigenvalue weighted by atomic mass is 127. The van der Waals surface area contributed by atoms with Crippen molar-refractivity contribution in [3.8, 4) is 0 Å². The van der Waals surface area contributed by atoms with Crippen molar-refractivity contribution in [1.82, 2.24) is 15.3 Å². The summed E-state index contributed by atoms with van der Waals surface area (Å²) in [5.41, 5.74) is 0.429. The van der Waals surface area contributed by atoms with Gasteiger partial charge >= 0.3 is 18.1 Å². The maximum Gasteiger partial charge on any atom is 0.471 e. The third kappa shape index (κ3) is 4.36. The van der Waals surface area contributed by atoms with E-state index < -0.39 is 24.1 Å². The van der Waals surface area contributed by atoms with E-state index in [1.807, 2.05) is 22.6 Å². The molecule has 0 saturated carbocycles. The number of imidazole rings is 1. The average molecular weight is 391 g/mol. The number of methoxy groups -OCH3 is 1. The Bertz CT molecular complexity index is 475. The molecule has 2 N–H and O–H groups in total. The molecule has 0 aromatic carbocycles. The van der Waals surface area contributed by atoms with E-state index >= 15 is 0 Å². The molecule has 19 heavy (non-hydrogen) atoms. The third-order valence-corrected chi connectivity index (χ3v) is 3.05. The topological polar surface area (TPSA) is 84.1 Å². The molecule has 1 amide bonds. The second-order valence-electron chi connectivity index (χ2n) is 3.42. The molecule has 1 aromatic heterocycles. The number of alkyl halides is 3. The van der Waals surface area contributed by atoms with Gasteiger partial charge in [0.1, 0.15) is 9.74 Å². The van der Waals surface area contributed by atoms with Crippen molar-refractivity contribution in [2.75, 3.05) is 7.11 Å². The molecule has 10 heteroatoms. The zero-order valence-electron chi connectivity index (χ0n) is 9.55. The van der Waals surface area contributed by atoms with E-state index in [-0.39, 0.29) is 6.42 Å². The summed E-state index contributed by atoms with van der Waals surface area (Å²) in [6.07, 6.45) is -3.91. The van der Waals surface area contributed by atoms with Gasteiger partial charge in [0.25, 0.3) is 0 Å². The van der Waals surface area contributed by atoms with Crippen LogP contribution in [0.2, 0.25) is 0 Å². The minimum atomic E-state index is -5.06. The summed E-state index contributed by atoms with van der Waals surface area (Å²) < 4.78 is 41.3. The number of hydrogen-bond donors (Lipinski definition) is 2. The van der Waals surface area contributed by atoms with Crippen LogP contribution in [0, 0.1) is 3.70 Å². The summed E-state index contributed by atoms with van der Waals surface area (Å²) in [6.45, 7) is 0. The van der Waals surface area contributed by atoms with Crippen LogP contribution in [0.4, 0.5) is 13.2 Å². The zero-order chi connectivity index (χ0) is 14.6. The predicted molar refractivity (Wildman–Crippen MR) is 65.0 cm³/mol. The minimum Gasteiger partial charge on any atom is -0.467 e. The highest BCUT2D eigenvalue weighted by Gasteiger charge is 2.41. The number of hydrogen-bond acceptors (Lipinski definition) is 4. The van der Waals surface area contributed by atoms with E-state index in [1.54, 1.807) is 5.32 Å². The van der Waals surface area contributed by atoms with Gasteiger partial charge in [-0.15, -0.1) is 0 Å². The molecular weight excluding hydrogens is 382 g/mol. The van der Waals surface area contributed by atoms with Crippen LogP contribution in [0.25, 0.3) is 0 Å². The second kappa shape index (κ2) is 6.21. The number of aromatic nitrogens is 2. The van der Waals surface area contributed by atoms with Gasteiger partial charge in [-0.3, -0.25) is 4.79 Å². The van der Waals surface area contributed by atoms with Gasteiger partial charge in [-0.25, -0.2) is 9.78 Å². The molecule has 1 aromatic rings. The molecule has 0 aliphatic rings. The summed E-state index contributed by atoms with van der Waals surface area (Å²) in [6, 6.07) is -1.44. The quantitative estimate of drug-likeness (QED) is 0.587. The number of esters is 1. The summed E-state index contributed by atoms with van der Waals surface area (Å²) >= 11 is 1.84. The van der Waals surface area contributed by atoms with Crippen LogP contribution in [0.3, 0.4) is 0 Å². The molecule has 0 radical (unpaired) electrons. The number of nitrogens with zero attached hydrogens (tertiary/aromatic N) is 1. The molecule has 1 unspecified atom stereocenters. The normalized spacial score (nSPS) is 12.9. The Morgan fingerprint density at radius 1 is 1.58 bits per heavy atom. The largest absolute Gasteiger partial charge is 0.471 e. The van der Waals surface area contributed by atoms with E-state index in [4.69, 9.17) is 0 Å². The number of ether oxygens (including phenoxy) is 1. The van der Waals surface area contributed by atoms with E-state index in [0.717, 1.165) is 7.11 Å². The third-order valence-electron chi connectivity index (χ3n) is 2.12. The number of amides is 1. The molecule has 6 nitrogen and oxygen atoms in total. The zero-order valence-corrected chi connectivity index (χ0v) is 11.7. The summed E-state index contributed by atoms with van der Waals surface area (Å²) in [4.78, 5) is 28.7. The van der Waals surface area contributed by atoms with Gasteiger partial charge in [-0.05, 0) is 22.6 Å². The highest BCUT2D eigenvalue weighted by molar-refractivity contribution is 14.1. The Hall–Kier alpha value is -1.33. The first-order valence-electron chi connectivity index (χ1n) is 4.89. The molecule has 0 aliphatic heterocycles. The van der Waals surface area contributed by atoms with E-state index in [1.165, 1.54) is 6.33 Å². The first kappa shape index (κ1) is 15.7. The van der Waals surface area contributed by atoms with Gasteiger partial charge in [0.05, 0.1) is 19.1 Å². The van der Waals surface area contributed by atoms with E-state index in [9.17, 15) is 22.8 Å². The number of halogens is 4. The van der Waals surface area contributed by atoms with Crippen molar-refractivity contribution < 1.29 is 27.5 Å². The first-order chi connectivity index (χ1) is 8.75. The summed E-state index contributed by atoms with van der Waals surface area (Å²) in [5, 5.41) is 1.58. The van der Waals surface area contributed by atoms with Gasteiger partial charge in [0.15, 0.2) is 0 Å². The van der Waals surface area contributed by atoms with Crippen LogP contribution < -0.4 is 5.32 Å². The Morgan fingerprint density at radius 2 is 2.21 bits per heavy atom. The van der Waals surface area contributed by atoms with Crippen molar-refractivity contribution in [3.63, 3.8) is 0 Å². The van der Waals surface area contributed by atoms with Crippen LogP contribution in [0.5, 0.6) is 0 Å². The highest BCUT2D eigenvalue weighted by Crippen LogP contribution is 2.16. The first-order valence-corrected chi connectivity index (χ1v) is 5.96. The van der Waals surface area contributed by atoms with Gasteiger partial charge < -0.3 is 15.0 Å². The molecule has 0 fully saturated rings. The molecular formula is C9H9F3IN3O3. The number of carbonyl (C=O) groups excluding carboxylic acids is 2. The summed E-state index contributed by atoms with van der Waals surface area (Å²) in [5.74, 6) is -3.17. The van der Waals surface area contributed by atoms with Gasteiger partial charge in [-0.2, -0.15) is 13.2 Å². The Morgan fingerprint density at radius 3 is 2.63 bits per heavy atom. The molecule has 1 rings (SSSR count). The van der Waals surface area contributed by atoms with Crippen LogP contribution in [-0.4, -0.2) is 41.2 Å². The number of rotatable bonds is 4. The molecule has 1 heterocycles. The molecule has 0 aliphatic carbocycles. The van der Waals surface area contributed by atoms with Gasteiger partial charge in [0.2, 0.25) is 0 Å². The number of H-pyrrole nitrogens is 1. The van der Waals surface area contributed by atoms with Crippen LogP contribution in [0.15, 0.2) is 6.33 Å². The van der Waals surface area contributed by atoms with Crippen molar-refractivity contribution in [1.29, 1.82) is 0 Å². The standard InChI is InChI=1S/C9H9F3IN3O3/c1-19-7(17)5(16-8(18)9(10,11)12)2-4-6(13)15-3-14-4/h3,5H,2H2,1H3,(H,14,15)(H,16,18). The fourth-order valence-electron chi connectivity index (χ4n) is 1.23.